The van der Waals surface area contributed by atoms with Gasteiger partial charge in [-0.2, -0.15) is 0 Å². The van der Waals surface area contributed by atoms with E-state index in [9.17, 15) is 4.79 Å². The van der Waals surface area contributed by atoms with Crippen LogP contribution >= 0.6 is 15.9 Å². The first kappa shape index (κ1) is 15.1. The molecule has 0 saturated carbocycles. The second kappa shape index (κ2) is 6.82. The van der Waals surface area contributed by atoms with Crippen molar-refractivity contribution in [3.8, 4) is 0 Å². The number of methoxy groups -OCH3 is 1. The summed E-state index contributed by atoms with van der Waals surface area (Å²) in [5, 5.41) is 11.8. The minimum Gasteiger partial charge on any atom is -0.396 e. The fraction of sp³-hybridized carbons (Fsp3) is 0.500. The molecule has 0 aliphatic carbocycles. The molecule has 100 valence electrons. The van der Waals surface area contributed by atoms with Gasteiger partial charge in [-0.25, -0.2) is 4.98 Å². The number of ether oxygens (including phenoxy) is 1. The smallest absolute Gasteiger partial charge is 0.270 e. The van der Waals surface area contributed by atoms with Crippen molar-refractivity contribution in [1.82, 2.24) is 10.3 Å². The molecule has 1 aromatic heterocycles. The van der Waals surface area contributed by atoms with E-state index in [2.05, 4.69) is 26.2 Å². The number of hydrogen-bond donors (Lipinski definition) is 2. The second-order valence-electron chi connectivity index (χ2n) is 4.28. The van der Waals surface area contributed by atoms with Crippen molar-refractivity contribution in [1.29, 1.82) is 0 Å². The van der Waals surface area contributed by atoms with Gasteiger partial charge < -0.3 is 15.2 Å². The molecular weight excluding hydrogens is 300 g/mol. The lowest BCUT2D eigenvalue weighted by Gasteiger charge is -2.29. The Bertz CT molecular complexity index is 389. The van der Waals surface area contributed by atoms with Gasteiger partial charge in [-0.05, 0) is 41.4 Å². The number of nitrogens with zero attached hydrogens (tertiary/aromatic N) is 1. The lowest BCUT2D eigenvalue weighted by molar-refractivity contribution is 0.0721. The summed E-state index contributed by atoms with van der Waals surface area (Å²) in [5.41, 5.74) is -0.270. The van der Waals surface area contributed by atoms with Crippen LogP contribution in [0.4, 0.5) is 0 Å². The largest absolute Gasteiger partial charge is 0.396 e. The van der Waals surface area contributed by atoms with Crippen LogP contribution in [0.1, 0.15) is 23.8 Å². The zero-order valence-corrected chi connectivity index (χ0v) is 12.0. The van der Waals surface area contributed by atoms with Crippen molar-refractivity contribution >= 4 is 21.8 Å². The molecule has 0 bridgehead atoms. The molecule has 0 fully saturated rings. The normalized spacial score (nSPS) is 14.0. The van der Waals surface area contributed by atoms with Crippen molar-refractivity contribution in [3.63, 3.8) is 0 Å². The van der Waals surface area contributed by atoms with Gasteiger partial charge in [0.1, 0.15) is 5.69 Å². The highest BCUT2D eigenvalue weighted by Gasteiger charge is 2.26. The van der Waals surface area contributed by atoms with E-state index in [1.807, 2.05) is 6.92 Å². The summed E-state index contributed by atoms with van der Waals surface area (Å²) < 4.78 is 5.88. The van der Waals surface area contributed by atoms with Crippen molar-refractivity contribution < 1.29 is 14.6 Å². The molecule has 18 heavy (non-hydrogen) atoms. The van der Waals surface area contributed by atoms with Gasteiger partial charge in [-0.3, -0.25) is 4.79 Å². The maximum atomic E-state index is 12.0. The minimum absolute atomic E-state index is 0.0199. The number of hydrogen-bond acceptors (Lipinski definition) is 4. The summed E-state index contributed by atoms with van der Waals surface area (Å²) in [5.74, 6) is -0.282. The standard InChI is InChI=1S/C12H17BrN2O3/c1-12(5-6-16,8-18-2)15-11(17)10-4-3-9(13)7-14-10/h3-4,7,16H,5-6,8H2,1-2H3,(H,15,17). The zero-order chi connectivity index (χ0) is 13.6. The minimum atomic E-state index is -0.602. The van der Waals surface area contributed by atoms with Gasteiger partial charge >= 0.3 is 0 Å². The summed E-state index contributed by atoms with van der Waals surface area (Å²) in [4.78, 5) is 16.0. The van der Waals surface area contributed by atoms with Crippen molar-refractivity contribution in [3.05, 3.63) is 28.5 Å². The first-order valence-electron chi connectivity index (χ1n) is 5.54. The third-order valence-electron chi connectivity index (χ3n) is 2.50. The van der Waals surface area contributed by atoms with Crippen LogP contribution < -0.4 is 5.32 Å². The van der Waals surface area contributed by atoms with Crippen LogP contribution in [-0.2, 0) is 4.74 Å². The van der Waals surface area contributed by atoms with Crippen molar-refractivity contribution in [2.75, 3.05) is 20.3 Å². The lowest BCUT2D eigenvalue weighted by Crippen LogP contribution is -2.50. The predicted molar refractivity (Wildman–Crippen MR) is 71.4 cm³/mol. The van der Waals surface area contributed by atoms with Crippen LogP contribution in [0.3, 0.4) is 0 Å². The number of carbonyl (C=O) groups excluding carboxylic acids is 1. The Morgan fingerprint density at radius 3 is 2.83 bits per heavy atom. The Balaban J connectivity index is 2.74. The van der Waals surface area contributed by atoms with Crippen LogP contribution in [-0.4, -0.2) is 41.9 Å². The number of halogens is 1. The average Bonchev–Trinajstić information content (AvgIpc) is 2.30. The van der Waals surface area contributed by atoms with E-state index in [1.165, 1.54) is 0 Å². The van der Waals surface area contributed by atoms with Gasteiger partial charge in [0.15, 0.2) is 0 Å². The number of aliphatic hydroxyl groups is 1. The Morgan fingerprint density at radius 2 is 2.33 bits per heavy atom. The van der Waals surface area contributed by atoms with Gasteiger partial charge in [-0.1, -0.05) is 0 Å². The summed E-state index contributed by atoms with van der Waals surface area (Å²) in [6.45, 7) is 2.13. The predicted octanol–water partition coefficient (Wildman–Crippen LogP) is 1.36. The molecule has 2 N–H and O–H groups in total. The topological polar surface area (TPSA) is 71.5 Å². The Morgan fingerprint density at radius 1 is 1.61 bits per heavy atom. The molecule has 0 saturated heterocycles. The third-order valence-corrected chi connectivity index (χ3v) is 2.97. The van der Waals surface area contributed by atoms with E-state index < -0.39 is 5.54 Å². The summed E-state index contributed by atoms with van der Waals surface area (Å²) in [6.07, 6.45) is 1.98. The van der Waals surface area contributed by atoms with Crippen LogP contribution in [0.2, 0.25) is 0 Å². The molecule has 0 aromatic carbocycles. The van der Waals surface area contributed by atoms with Crippen molar-refractivity contribution in [2.24, 2.45) is 0 Å². The van der Waals surface area contributed by atoms with E-state index in [0.717, 1.165) is 4.47 Å². The van der Waals surface area contributed by atoms with E-state index >= 15 is 0 Å². The summed E-state index contributed by atoms with van der Waals surface area (Å²) in [6, 6.07) is 3.38. The molecule has 1 heterocycles. The average molecular weight is 317 g/mol. The maximum Gasteiger partial charge on any atom is 0.270 e. The number of aromatic nitrogens is 1. The quantitative estimate of drug-likeness (QED) is 0.831. The first-order valence-corrected chi connectivity index (χ1v) is 6.34. The van der Waals surface area contributed by atoms with Gasteiger partial charge in [0.05, 0.1) is 12.1 Å². The SMILES string of the molecule is COCC(C)(CCO)NC(=O)c1ccc(Br)cn1. The van der Waals surface area contributed by atoms with Gasteiger partial charge in [0.25, 0.3) is 5.91 Å². The number of aliphatic hydroxyl groups excluding tert-OH is 1. The number of pyridine rings is 1. The first-order chi connectivity index (χ1) is 8.50. The Labute approximate surface area is 115 Å². The Hall–Kier alpha value is -0.980. The van der Waals surface area contributed by atoms with E-state index in [4.69, 9.17) is 9.84 Å². The van der Waals surface area contributed by atoms with Gasteiger partial charge in [-0.15, -0.1) is 0 Å². The van der Waals surface area contributed by atoms with Crippen LogP contribution in [0.25, 0.3) is 0 Å². The van der Waals surface area contributed by atoms with Crippen LogP contribution in [0.5, 0.6) is 0 Å². The van der Waals surface area contributed by atoms with Crippen LogP contribution in [0, 0.1) is 0 Å². The lowest BCUT2D eigenvalue weighted by atomic mass is 9.99. The fourth-order valence-electron chi connectivity index (χ4n) is 1.58. The monoisotopic (exact) mass is 316 g/mol. The van der Waals surface area contributed by atoms with E-state index in [0.29, 0.717) is 18.7 Å². The van der Waals surface area contributed by atoms with Crippen molar-refractivity contribution in [2.45, 2.75) is 18.9 Å². The molecule has 6 heteroatoms. The van der Waals surface area contributed by atoms with E-state index in [-0.39, 0.29) is 12.5 Å². The fourth-order valence-corrected chi connectivity index (χ4v) is 1.82. The number of nitrogens with one attached hydrogen (secondary N) is 1. The summed E-state index contributed by atoms with van der Waals surface area (Å²) >= 11 is 3.26. The van der Waals surface area contributed by atoms with Gasteiger partial charge in [0, 0.05) is 24.4 Å². The number of amides is 1. The molecule has 5 nitrogen and oxygen atoms in total. The molecule has 1 amide bonds. The number of carbonyl (C=O) groups is 1. The molecule has 1 aromatic rings. The van der Waals surface area contributed by atoms with Gasteiger partial charge in [0.2, 0.25) is 0 Å². The second-order valence-corrected chi connectivity index (χ2v) is 5.20. The summed E-state index contributed by atoms with van der Waals surface area (Å²) in [7, 11) is 1.56. The molecule has 1 unspecified atom stereocenters. The highest BCUT2D eigenvalue weighted by Crippen LogP contribution is 2.12. The molecule has 0 aliphatic heterocycles. The molecule has 1 atom stereocenters. The molecule has 0 aliphatic rings. The van der Waals surface area contributed by atoms with E-state index in [1.54, 1.807) is 25.4 Å². The maximum absolute atomic E-state index is 12.0. The molecule has 0 spiro atoms. The third kappa shape index (κ3) is 4.36. The number of rotatable bonds is 6. The Kier molecular flexibility index (Phi) is 5.71. The molecular formula is C12H17BrN2O3. The highest BCUT2D eigenvalue weighted by atomic mass is 79.9. The molecule has 1 rings (SSSR count). The highest BCUT2D eigenvalue weighted by molar-refractivity contribution is 9.10. The molecule has 0 radical (unpaired) electrons. The zero-order valence-electron chi connectivity index (χ0n) is 10.4. The van der Waals surface area contributed by atoms with Crippen LogP contribution in [0.15, 0.2) is 22.8 Å².